The lowest BCUT2D eigenvalue weighted by Crippen LogP contribution is -2.41. The van der Waals surface area contributed by atoms with Gasteiger partial charge in [0.1, 0.15) is 5.60 Å². The van der Waals surface area contributed by atoms with E-state index in [0.29, 0.717) is 5.56 Å². The van der Waals surface area contributed by atoms with Gasteiger partial charge in [0.25, 0.3) is 0 Å². The maximum absolute atomic E-state index is 10.7. The average molecular weight is 245 g/mol. The number of hydrogen-bond donors (Lipinski definition) is 2. The molecule has 2 rings (SSSR count). The Hall–Kier alpha value is -1.37. The average Bonchev–Trinajstić information content (AvgIpc) is 2.94. The normalized spacial score (nSPS) is 21.2. The van der Waals surface area contributed by atoms with Crippen molar-refractivity contribution in [3.63, 3.8) is 0 Å². The maximum Gasteiger partial charge on any atom is 0.129 e. The number of hydrogen-bond acceptors (Lipinski definition) is 3. The van der Waals surface area contributed by atoms with Gasteiger partial charge >= 0.3 is 0 Å². The Balaban J connectivity index is 2.33. The number of nitrogens with zero attached hydrogens (tertiary/aromatic N) is 1. The van der Waals surface area contributed by atoms with Gasteiger partial charge in [0.15, 0.2) is 0 Å². The molecule has 2 N–H and O–H groups in total. The molecule has 1 fully saturated rings. The molecule has 3 nitrogen and oxygen atoms in total. The highest BCUT2D eigenvalue weighted by atomic mass is 16.3. The number of benzene rings is 1. The van der Waals surface area contributed by atoms with Crippen molar-refractivity contribution < 1.29 is 10.2 Å². The molecule has 1 aromatic rings. The SMILES string of the molecule is N#C[C@@H](C1CCCC1)[C@@](O)(CO)c1ccccc1. The highest BCUT2D eigenvalue weighted by molar-refractivity contribution is 5.26. The van der Waals surface area contributed by atoms with Crippen molar-refractivity contribution in [2.45, 2.75) is 31.3 Å². The third-order valence-corrected chi connectivity index (χ3v) is 4.04. The van der Waals surface area contributed by atoms with E-state index in [1.807, 2.05) is 18.2 Å². The summed E-state index contributed by atoms with van der Waals surface area (Å²) in [5.74, 6) is -0.347. The van der Waals surface area contributed by atoms with Crippen LogP contribution in [-0.2, 0) is 5.60 Å². The van der Waals surface area contributed by atoms with Gasteiger partial charge in [-0.15, -0.1) is 0 Å². The first-order valence-electron chi connectivity index (χ1n) is 6.50. The van der Waals surface area contributed by atoms with E-state index < -0.39 is 18.1 Å². The molecular weight excluding hydrogens is 226 g/mol. The van der Waals surface area contributed by atoms with Crippen LogP contribution in [0.1, 0.15) is 31.2 Å². The Bertz CT molecular complexity index is 420. The molecule has 0 aromatic heterocycles. The second-order valence-electron chi connectivity index (χ2n) is 5.10. The lowest BCUT2D eigenvalue weighted by Gasteiger charge is -2.34. The van der Waals surface area contributed by atoms with Crippen LogP contribution in [0, 0.1) is 23.2 Å². The summed E-state index contributed by atoms with van der Waals surface area (Å²) in [6.07, 6.45) is 4.15. The molecule has 0 unspecified atom stereocenters. The largest absolute Gasteiger partial charge is 0.393 e. The van der Waals surface area contributed by atoms with Crippen molar-refractivity contribution in [2.75, 3.05) is 6.61 Å². The molecule has 3 heteroatoms. The van der Waals surface area contributed by atoms with E-state index in [0.717, 1.165) is 25.7 Å². The molecule has 96 valence electrons. The van der Waals surface area contributed by atoms with E-state index >= 15 is 0 Å². The van der Waals surface area contributed by atoms with Crippen LogP contribution in [0.5, 0.6) is 0 Å². The zero-order chi connectivity index (χ0) is 13.0. The van der Waals surface area contributed by atoms with Crippen LogP contribution in [0.25, 0.3) is 0 Å². The molecule has 0 bridgehead atoms. The van der Waals surface area contributed by atoms with Crippen molar-refractivity contribution in [1.29, 1.82) is 5.26 Å². The number of aliphatic hydroxyl groups is 2. The monoisotopic (exact) mass is 245 g/mol. The second kappa shape index (κ2) is 5.51. The van der Waals surface area contributed by atoms with Crippen molar-refractivity contribution >= 4 is 0 Å². The Morgan fingerprint density at radius 3 is 2.39 bits per heavy atom. The fourth-order valence-corrected chi connectivity index (χ4v) is 2.99. The van der Waals surface area contributed by atoms with Gasteiger partial charge in [-0.3, -0.25) is 0 Å². The van der Waals surface area contributed by atoms with Crippen LogP contribution in [-0.4, -0.2) is 16.8 Å². The minimum atomic E-state index is -1.44. The fraction of sp³-hybridized carbons (Fsp3) is 0.533. The van der Waals surface area contributed by atoms with Crippen LogP contribution in [0.2, 0.25) is 0 Å². The highest BCUT2D eigenvalue weighted by Gasteiger charge is 2.43. The van der Waals surface area contributed by atoms with Gasteiger partial charge in [0.05, 0.1) is 18.6 Å². The lowest BCUT2D eigenvalue weighted by atomic mass is 9.74. The molecule has 2 atom stereocenters. The van der Waals surface area contributed by atoms with Crippen LogP contribution in [0.4, 0.5) is 0 Å². The number of aliphatic hydroxyl groups excluding tert-OH is 1. The molecule has 1 aromatic carbocycles. The summed E-state index contributed by atoms with van der Waals surface area (Å²) in [6.45, 7) is -0.411. The number of rotatable bonds is 4. The Kier molecular flexibility index (Phi) is 4.00. The molecule has 18 heavy (non-hydrogen) atoms. The van der Waals surface area contributed by atoms with Crippen LogP contribution >= 0.6 is 0 Å². The number of nitriles is 1. The van der Waals surface area contributed by atoms with Gasteiger partial charge in [-0.05, 0) is 24.3 Å². The Morgan fingerprint density at radius 1 is 1.28 bits per heavy atom. The summed E-state index contributed by atoms with van der Waals surface area (Å²) in [7, 11) is 0. The van der Waals surface area contributed by atoms with Crippen molar-refractivity contribution in [3.8, 4) is 6.07 Å². The lowest BCUT2D eigenvalue weighted by molar-refractivity contribution is -0.0667. The minimum Gasteiger partial charge on any atom is -0.393 e. The minimum absolute atomic E-state index is 0.187. The van der Waals surface area contributed by atoms with E-state index in [-0.39, 0.29) is 5.92 Å². The molecular formula is C15H19NO2. The molecule has 0 amide bonds. The fourth-order valence-electron chi connectivity index (χ4n) is 2.99. The molecule has 1 aliphatic carbocycles. The van der Waals surface area contributed by atoms with Gasteiger partial charge in [-0.2, -0.15) is 5.26 Å². The summed E-state index contributed by atoms with van der Waals surface area (Å²) < 4.78 is 0. The van der Waals surface area contributed by atoms with Crippen LogP contribution in [0.3, 0.4) is 0 Å². The molecule has 0 aliphatic heterocycles. The summed E-state index contributed by atoms with van der Waals surface area (Å²) in [5, 5.41) is 29.7. The summed E-state index contributed by atoms with van der Waals surface area (Å²) in [4.78, 5) is 0. The second-order valence-corrected chi connectivity index (χ2v) is 5.10. The first-order valence-corrected chi connectivity index (χ1v) is 6.50. The standard InChI is InChI=1S/C15H19NO2/c16-10-14(12-6-4-5-7-12)15(18,11-17)13-8-2-1-3-9-13/h1-3,8-9,12,14,17-18H,4-7,11H2/t14-,15+/m0/s1. The van der Waals surface area contributed by atoms with E-state index in [2.05, 4.69) is 6.07 Å². The molecule has 1 aliphatic rings. The van der Waals surface area contributed by atoms with E-state index in [4.69, 9.17) is 0 Å². The van der Waals surface area contributed by atoms with Gasteiger partial charge in [-0.25, -0.2) is 0 Å². The molecule has 0 heterocycles. The maximum atomic E-state index is 10.7. The predicted octanol–water partition coefficient (Wildman–Crippen LogP) is 2.20. The van der Waals surface area contributed by atoms with Crippen molar-refractivity contribution in [2.24, 2.45) is 11.8 Å². The summed E-state index contributed by atoms with van der Waals surface area (Å²) in [6, 6.07) is 11.3. The topological polar surface area (TPSA) is 64.2 Å². The van der Waals surface area contributed by atoms with Gasteiger partial charge in [0, 0.05) is 0 Å². The first kappa shape index (κ1) is 13.1. The Labute approximate surface area is 108 Å². The van der Waals surface area contributed by atoms with Crippen LogP contribution in [0.15, 0.2) is 30.3 Å². The van der Waals surface area contributed by atoms with Gasteiger partial charge in [-0.1, -0.05) is 43.2 Å². The molecule has 0 saturated heterocycles. The van der Waals surface area contributed by atoms with Gasteiger partial charge < -0.3 is 10.2 Å². The summed E-state index contributed by atoms with van der Waals surface area (Å²) in [5.41, 5.74) is -0.809. The Morgan fingerprint density at radius 2 is 1.89 bits per heavy atom. The van der Waals surface area contributed by atoms with Crippen molar-refractivity contribution in [1.82, 2.24) is 0 Å². The quantitative estimate of drug-likeness (QED) is 0.854. The zero-order valence-electron chi connectivity index (χ0n) is 10.4. The smallest absolute Gasteiger partial charge is 0.129 e. The van der Waals surface area contributed by atoms with E-state index in [1.54, 1.807) is 12.1 Å². The van der Waals surface area contributed by atoms with Crippen molar-refractivity contribution in [3.05, 3.63) is 35.9 Å². The molecule has 0 spiro atoms. The summed E-state index contributed by atoms with van der Waals surface area (Å²) >= 11 is 0. The van der Waals surface area contributed by atoms with E-state index in [9.17, 15) is 15.5 Å². The zero-order valence-corrected chi connectivity index (χ0v) is 10.4. The highest BCUT2D eigenvalue weighted by Crippen LogP contribution is 2.41. The third-order valence-electron chi connectivity index (χ3n) is 4.04. The first-order chi connectivity index (χ1) is 8.72. The third kappa shape index (κ3) is 2.27. The van der Waals surface area contributed by atoms with Crippen LogP contribution < -0.4 is 0 Å². The molecule has 0 radical (unpaired) electrons. The molecule has 1 saturated carbocycles. The predicted molar refractivity (Wildman–Crippen MR) is 68.5 cm³/mol. The van der Waals surface area contributed by atoms with E-state index in [1.165, 1.54) is 0 Å². The van der Waals surface area contributed by atoms with Gasteiger partial charge in [0.2, 0.25) is 0 Å².